The molecule has 1 aliphatic carbocycles. The lowest BCUT2D eigenvalue weighted by atomic mass is 9.91. The van der Waals surface area contributed by atoms with E-state index in [1.165, 1.54) is 6.08 Å². The number of Topliss-reactive ketones (excluding diaryl/α,β-unsaturated/α-hetero) is 1. The lowest BCUT2D eigenvalue weighted by Gasteiger charge is -2.14. The molecule has 1 aromatic heterocycles. The number of allylic oxidation sites excluding steroid dienone is 1. The summed E-state index contributed by atoms with van der Waals surface area (Å²) in [6.45, 7) is 0. The Bertz CT molecular complexity index is 1100. The number of para-hydroxylation sites is 1. The molecule has 1 heterocycles. The van der Waals surface area contributed by atoms with Gasteiger partial charge >= 0.3 is 6.18 Å². The fraction of sp³-hybridized carbons (Fsp3) is 0.217. The van der Waals surface area contributed by atoms with E-state index >= 15 is 0 Å². The van der Waals surface area contributed by atoms with Crippen molar-refractivity contribution in [2.45, 2.75) is 31.9 Å². The summed E-state index contributed by atoms with van der Waals surface area (Å²) in [5.74, 6) is -0.108. The summed E-state index contributed by atoms with van der Waals surface area (Å²) in [5, 5.41) is 4.81. The average Bonchev–Trinajstić information content (AvgIpc) is 3.11. The number of aromatic nitrogens is 2. The maximum Gasteiger partial charge on any atom is 0.434 e. The Hall–Kier alpha value is -2.86. The fourth-order valence-electron chi connectivity index (χ4n) is 3.64. The molecule has 1 fully saturated rings. The van der Waals surface area contributed by atoms with Crippen LogP contribution in [-0.4, -0.2) is 15.6 Å². The van der Waals surface area contributed by atoms with Crippen LogP contribution >= 0.6 is 11.6 Å². The van der Waals surface area contributed by atoms with Crippen molar-refractivity contribution in [2.24, 2.45) is 0 Å². The van der Waals surface area contributed by atoms with E-state index in [4.69, 9.17) is 11.6 Å². The lowest BCUT2D eigenvalue weighted by Crippen LogP contribution is -2.15. The van der Waals surface area contributed by atoms with E-state index in [2.05, 4.69) is 5.10 Å². The van der Waals surface area contributed by atoms with E-state index in [0.29, 0.717) is 34.7 Å². The number of ketones is 1. The third-order valence-electron chi connectivity index (χ3n) is 5.09. The van der Waals surface area contributed by atoms with E-state index in [9.17, 15) is 18.0 Å². The third kappa shape index (κ3) is 4.05. The van der Waals surface area contributed by atoms with Gasteiger partial charge in [0.2, 0.25) is 0 Å². The minimum Gasteiger partial charge on any atom is -0.295 e. The maximum absolute atomic E-state index is 14.2. The van der Waals surface area contributed by atoms with E-state index in [0.717, 1.165) is 17.5 Å². The summed E-state index contributed by atoms with van der Waals surface area (Å²) in [5.41, 5.74) is 0.362. The minimum atomic E-state index is -4.67. The van der Waals surface area contributed by atoms with Gasteiger partial charge in [0.25, 0.3) is 0 Å². The summed E-state index contributed by atoms with van der Waals surface area (Å²) >= 11 is 5.96. The molecular weight excluding hydrogens is 413 g/mol. The number of rotatable bonds is 3. The molecule has 3 nitrogen and oxygen atoms in total. The molecule has 4 rings (SSSR count). The lowest BCUT2D eigenvalue weighted by molar-refractivity contribution is -0.143. The van der Waals surface area contributed by atoms with Crippen LogP contribution < -0.4 is 0 Å². The van der Waals surface area contributed by atoms with Crippen molar-refractivity contribution in [2.75, 3.05) is 0 Å². The molecule has 1 saturated carbocycles. The Labute approximate surface area is 176 Å². The Morgan fingerprint density at radius 2 is 1.63 bits per heavy atom. The Morgan fingerprint density at radius 1 is 0.967 bits per heavy atom. The van der Waals surface area contributed by atoms with Gasteiger partial charge in [0.15, 0.2) is 11.5 Å². The molecule has 154 valence electrons. The number of alkyl halides is 3. The molecule has 0 bridgehead atoms. The first-order valence-corrected chi connectivity index (χ1v) is 9.98. The first-order valence-electron chi connectivity index (χ1n) is 9.60. The number of hydrogen-bond donors (Lipinski definition) is 0. The van der Waals surface area contributed by atoms with Crippen molar-refractivity contribution < 1.29 is 18.0 Å². The fourth-order valence-corrected chi connectivity index (χ4v) is 3.77. The summed E-state index contributed by atoms with van der Waals surface area (Å²) < 4.78 is 43.6. The van der Waals surface area contributed by atoms with Crippen LogP contribution in [0.1, 0.15) is 36.9 Å². The third-order valence-corrected chi connectivity index (χ3v) is 5.34. The molecular formula is C23H18ClF3N2O. The second-order valence-corrected chi connectivity index (χ2v) is 7.60. The van der Waals surface area contributed by atoms with Gasteiger partial charge in [-0.1, -0.05) is 41.9 Å². The van der Waals surface area contributed by atoms with Crippen molar-refractivity contribution in [3.63, 3.8) is 0 Å². The first-order chi connectivity index (χ1) is 14.3. The zero-order chi connectivity index (χ0) is 21.3. The molecule has 0 unspecified atom stereocenters. The van der Waals surface area contributed by atoms with Gasteiger partial charge in [-0.2, -0.15) is 18.3 Å². The van der Waals surface area contributed by atoms with Crippen LogP contribution in [-0.2, 0) is 11.0 Å². The van der Waals surface area contributed by atoms with Gasteiger partial charge in [-0.05, 0) is 55.2 Å². The minimum absolute atomic E-state index is 0.0982. The topological polar surface area (TPSA) is 34.9 Å². The molecule has 0 saturated heterocycles. The van der Waals surface area contributed by atoms with Gasteiger partial charge < -0.3 is 0 Å². The Morgan fingerprint density at radius 3 is 2.27 bits per heavy atom. The zero-order valence-electron chi connectivity index (χ0n) is 15.9. The molecule has 0 N–H and O–H groups in total. The molecule has 0 aliphatic heterocycles. The highest BCUT2D eigenvalue weighted by Gasteiger charge is 2.40. The van der Waals surface area contributed by atoms with Crippen LogP contribution in [0.2, 0.25) is 5.02 Å². The van der Waals surface area contributed by atoms with Gasteiger partial charge in [0, 0.05) is 22.6 Å². The SMILES string of the molecule is O=C1CCCC/C1=C\c1c(-c2ccc(Cl)cc2)nn(-c2ccccc2)c1C(F)(F)F. The van der Waals surface area contributed by atoms with Gasteiger partial charge in [-0.15, -0.1) is 0 Å². The maximum atomic E-state index is 14.2. The van der Waals surface area contributed by atoms with E-state index in [-0.39, 0.29) is 17.0 Å². The molecule has 1 aliphatic rings. The van der Waals surface area contributed by atoms with Crippen LogP contribution in [0.3, 0.4) is 0 Å². The highest BCUT2D eigenvalue weighted by Crippen LogP contribution is 2.40. The molecule has 2 aromatic carbocycles. The van der Waals surface area contributed by atoms with Crippen LogP contribution in [0.25, 0.3) is 23.0 Å². The number of carbonyl (C=O) groups excluding carboxylic acids is 1. The zero-order valence-corrected chi connectivity index (χ0v) is 16.7. The molecule has 30 heavy (non-hydrogen) atoms. The van der Waals surface area contributed by atoms with Crippen molar-refractivity contribution in [1.29, 1.82) is 0 Å². The van der Waals surface area contributed by atoms with Crippen LogP contribution in [0.4, 0.5) is 13.2 Å². The average molecular weight is 431 g/mol. The highest BCUT2D eigenvalue weighted by molar-refractivity contribution is 6.30. The largest absolute Gasteiger partial charge is 0.434 e. The predicted molar refractivity (Wildman–Crippen MR) is 110 cm³/mol. The molecule has 0 atom stereocenters. The summed E-state index contributed by atoms with van der Waals surface area (Å²) in [6.07, 6.45) is -0.932. The van der Waals surface area contributed by atoms with Gasteiger partial charge in [0.1, 0.15) is 5.69 Å². The molecule has 0 radical (unpaired) electrons. The van der Waals surface area contributed by atoms with Crippen LogP contribution in [0, 0.1) is 0 Å². The Kier molecular flexibility index (Phi) is 5.52. The standard InChI is InChI=1S/C23H18ClF3N2O/c24-17-12-10-15(11-13-17)21-19(14-16-6-4-5-9-20(16)30)22(23(25,26)27)29(28-21)18-7-2-1-3-8-18/h1-3,7-8,10-14H,4-6,9H2/b16-14+. The van der Waals surface area contributed by atoms with Crippen LogP contribution in [0.5, 0.6) is 0 Å². The Balaban J connectivity index is 2.01. The molecule has 0 spiro atoms. The van der Waals surface area contributed by atoms with Gasteiger partial charge in [-0.25, -0.2) is 4.68 Å². The van der Waals surface area contributed by atoms with Crippen molar-refractivity contribution in [3.8, 4) is 16.9 Å². The van der Waals surface area contributed by atoms with Crippen molar-refractivity contribution in [1.82, 2.24) is 9.78 Å². The van der Waals surface area contributed by atoms with Gasteiger partial charge in [-0.3, -0.25) is 4.79 Å². The summed E-state index contributed by atoms with van der Waals surface area (Å²) in [7, 11) is 0. The van der Waals surface area contributed by atoms with Gasteiger partial charge in [0.05, 0.1) is 5.69 Å². The molecule has 7 heteroatoms. The van der Waals surface area contributed by atoms with E-state index in [1.807, 2.05) is 0 Å². The quantitative estimate of drug-likeness (QED) is 0.431. The van der Waals surface area contributed by atoms with E-state index < -0.39 is 11.9 Å². The highest BCUT2D eigenvalue weighted by atomic mass is 35.5. The summed E-state index contributed by atoms with van der Waals surface area (Å²) in [6, 6.07) is 14.6. The number of hydrogen-bond acceptors (Lipinski definition) is 2. The predicted octanol–water partition coefficient (Wildman–Crippen LogP) is 6.74. The van der Waals surface area contributed by atoms with E-state index in [1.54, 1.807) is 54.6 Å². The van der Waals surface area contributed by atoms with Crippen molar-refractivity contribution in [3.05, 3.63) is 76.5 Å². The van der Waals surface area contributed by atoms with Crippen molar-refractivity contribution >= 4 is 23.5 Å². The second-order valence-electron chi connectivity index (χ2n) is 7.16. The smallest absolute Gasteiger partial charge is 0.295 e. The first kappa shape index (κ1) is 20.4. The van der Waals surface area contributed by atoms with Crippen LogP contribution in [0.15, 0.2) is 60.2 Å². The number of nitrogens with zero attached hydrogens (tertiary/aromatic N) is 2. The monoisotopic (exact) mass is 430 g/mol. The normalized spacial score (nSPS) is 16.3. The second kappa shape index (κ2) is 8.11. The molecule has 0 amide bonds. The number of benzene rings is 2. The molecule has 3 aromatic rings. The summed E-state index contributed by atoms with van der Waals surface area (Å²) in [4.78, 5) is 12.3. The number of halogens is 4. The number of carbonyl (C=O) groups is 1.